The van der Waals surface area contributed by atoms with Gasteiger partial charge in [-0.05, 0) is 50.1 Å². The van der Waals surface area contributed by atoms with Crippen LogP contribution in [-0.2, 0) is 11.3 Å². The van der Waals surface area contributed by atoms with Crippen molar-refractivity contribution in [3.63, 3.8) is 0 Å². The summed E-state index contributed by atoms with van der Waals surface area (Å²) < 4.78 is 1.78. The van der Waals surface area contributed by atoms with E-state index in [1.54, 1.807) is 16.0 Å². The van der Waals surface area contributed by atoms with Gasteiger partial charge in [0.15, 0.2) is 0 Å². The average molecular weight is 455 g/mol. The molecule has 2 saturated carbocycles. The van der Waals surface area contributed by atoms with Crippen molar-refractivity contribution < 1.29 is 9.59 Å². The summed E-state index contributed by atoms with van der Waals surface area (Å²) in [7, 11) is 0. The minimum absolute atomic E-state index is 0.0131. The number of hydrogen-bond donors (Lipinski definition) is 1. The molecule has 3 aliphatic rings. The van der Waals surface area contributed by atoms with E-state index in [-0.39, 0.29) is 23.9 Å². The summed E-state index contributed by atoms with van der Waals surface area (Å²) in [6.45, 7) is 2.37. The van der Waals surface area contributed by atoms with Crippen LogP contribution in [0.5, 0.6) is 0 Å². The Morgan fingerprint density at radius 1 is 1.09 bits per heavy atom. The van der Waals surface area contributed by atoms with E-state index < -0.39 is 5.54 Å². The van der Waals surface area contributed by atoms with E-state index in [0.29, 0.717) is 12.2 Å². The Labute approximate surface area is 194 Å². The fraction of sp³-hybridized carbons (Fsp3) is 0.640. The molecule has 7 heteroatoms. The van der Waals surface area contributed by atoms with Crippen LogP contribution in [0.15, 0.2) is 23.6 Å². The standard InChI is InChI=1S/C25H34N4O2S/c1-25(24(31)26-18-10-5-4-6-11-18)17-28-21(16-20(27-28)22-14-9-15-32-22)23(30)29(25)19-12-7-2-3-8-13-19/h9,14-16,18-19H,2-8,10-13,17H2,1H3,(H,26,31). The van der Waals surface area contributed by atoms with Crippen molar-refractivity contribution in [3.8, 4) is 10.6 Å². The van der Waals surface area contributed by atoms with Crippen LogP contribution in [0.2, 0.25) is 0 Å². The van der Waals surface area contributed by atoms with Crippen LogP contribution in [0.25, 0.3) is 10.6 Å². The maximum absolute atomic E-state index is 13.9. The summed E-state index contributed by atoms with van der Waals surface area (Å²) in [6, 6.07) is 6.28. The van der Waals surface area contributed by atoms with Crippen LogP contribution in [0.3, 0.4) is 0 Å². The lowest BCUT2D eigenvalue weighted by Gasteiger charge is -2.47. The van der Waals surface area contributed by atoms with Crippen LogP contribution < -0.4 is 5.32 Å². The number of nitrogens with one attached hydrogen (secondary N) is 1. The molecular formula is C25H34N4O2S. The SMILES string of the molecule is CC1(C(=O)NC2CCCCC2)Cn2nc(-c3cccs3)cc2C(=O)N1C1CCCCCC1. The maximum atomic E-state index is 13.9. The van der Waals surface area contributed by atoms with Gasteiger partial charge in [0.25, 0.3) is 5.91 Å². The lowest BCUT2D eigenvalue weighted by atomic mass is 9.89. The molecule has 5 rings (SSSR count). The average Bonchev–Trinajstić information content (AvgIpc) is 3.39. The van der Waals surface area contributed by atoms with E-state index in [4.69, 9.17) is 5.10 Å². The second-order valence-corrected chi connectivity index (χ2v) is 10.9. The first-order valence-electron chi connectivity index (χ1n) is 12.3. The largest absolute Gasteiger partial charge is 0.351 e. The number of amides is 2. The van der Waals surface area contributed by atoms with Gasteiger partial charge in [-0.3, -0.25) is 14.3 Å². The first kappa shape index (κ1) is 21.7. The molecule has 1 atom stereocenters. The van der Waals surface area contributed by atoms with Crippen molar-refractivity contribution >= 4 is 23.2 Å². The zero-order valence-electron chi connectivity index (χ0n) is 19.0. The molecule has 2 aromatic rings. The van der Waals surface area contributed by atoms with Crippen LogP contribution in [-0.4, -0.2) is 44.1 Å². The number of carbonyl (C=O) groups is 2. The van der Waals surface area contributed by atoms with Crippen LogP contribution >= 0.6 is 11.3 Å². The fourth-order valence-corrected chi connectivity index (χ4v) is 6.50. The molecule has 1 N–H and O–H groups in total. The Morgan fingerprint density at radius 3 is 2.47 bits per heavy atom. The Balaban J connectivity index is 1.50. The van der Waals surface area contributed by atoms with E-state index >= 15 is 0 Å². The molecular weight excluding hydrogens is 420 g/mol. The van der Waals surface area contributed by atoms with Gasteiger partial charge < -0.3 is 10.2 Å². The van der Waals surface area contributed by atoms with Crippen molar-refractivity contribution in [1.82, 2.24) is 20.0 Å². The lowest BCUT2D eigenvalue weighted by Crippen LogP contribution is -2.67. The zero-order valence-corrected chi connectivity index (χ0v) is 19.8. The minimum Gasteiger partial charge on any atom is -0.351 e. The van der Waals surface area contributed by atoms with Gasteiger partial charge in [0.2, 0.25) is 5.91 Å². The van der Waals surface area contributed by atoms with Crippen molar-refractivity contribution in [2.45, 2.75) is 102 Å². The molecule has 0 spiro atoms. The summed E-state index contributed by atoms with van der Waals surface area (Å²) in [5.41, 5.74) is 0.511. The minimum atomic E-state index is -0.921. The number of nitrogens with zero attached hydrogens (tertiary/aromatic N) is 3. The Morgan fingerprint density at radius 2 is 1.78 bits per heavy atom. The number of aromatic nitrogens is 2. The molecule has 2 fully saturated rings. The second-order valence-electron chi connectivity index (χ2n) is 9.95. The third-order valence-electron chi connectivity index (χ3n) is 7.60. The van der Waals surface area contributed by atoms with Crippen molar-refractivity contribution in [2.24, 2.45) is 0 Å². The van der Waals surface area contributed by atoms with E-state index in [0.717, 1.165) is 49.1 Å². The Hall–Kier alpha value is -2.15. The third kappa shape index (κ3) is 4.00. The number of carbonyl (C=O) groups excluding carboxylic acids is 2. The van der Waals surface area contributed by atoms with Gasteiger partial charge in [-0.25, -0.2) is 0 Å². The highest BCUT2D eigenvalue weighted by atomic mass is 32.1. The molecule has 2 aliphatic carbocycles. The van der Waals surface area contributed by atoms with Gasteiger partial charge in [-0.1, -0.05) is 51.0 Å². The molecule has 32 heavy (non-hydrogen) atoms. The number of rotatable bonds is 4. The van der Waals surface area contributed by atoms with Gasteiger partial charge in [0, 0.05) is 12.1 Å². The van der Waals surface area contributed by atoms with Gasteiger partial charge in [0.05, 0.1) is 11.4 Å². The summed E-state index contributed by atoms with van der Waals surface area (Å²) >= 11 is 1.62. The number of thiophene rings is 1. The Bertz CT molecular complexity index is 955. The molecule has 1 aliphatic heterocycles. The molecule has 2 aromatic heterocycles. The van der Waals surface area contributed by atoms with Gasteiger partial charge in [-0.2, -0.15) is 5.10 Å². The van der Waals surface area contributed by atoms with Crippen molar-refractivity contribution in [2.75, 3.05) is 0 Å². The molecule has 172 valence electrons. The van der Waals surface area contributed by atoms with Crippen molar-refractivity contribution in [1.29, 1.82) is 0 Å². The molecule has 0 radical (unpaired) electrons. The van der Waals surface area contributed by atoms with Crippen LogP contribution in [0.1, 0.15) is 88.0 Å². The quantitative estimate of drug-likeness (QED) is 0.661. The maximum Gasteiger partial charge on any atom is 0.273 e. The normalized spacial score (nSPS) is 25.4. The Kier molecular flexibility index (Phi) is 6.10. The summed E-state index contributed by atoms with van der Waals surface area (Å²) in [4.78, 5) is 30.7. The van der Waals surface area contributed by atoms with E-state index in [2.05, 4.69) is 5.32 Å². The first-order chi connectivity index (χ1) is 15.6. The topological polar surface area (TPSA) is 67.2 Å². The number of hydrogen-bond acceptors (Lipinski definition) is 4. The highest BCUT2D eigenvalue weighted by molar-refractivity contribution is 7.13. The molecule has 0 aromatic carbocycles. The molecule has 0 bridgehead atoms. The van der Waals surface area contributed by atoms with E-state index in [9.17, 15) is 9.59 Å². The lowest BCUT2D eigenvalue weighted by molar-refractivity contribution is -0.135. The fourth-order valence-electron chi connectivity index (χ4n) is 5.82. The van der Waals surface area contributed by atoms with Crippen molar-refractivity contribution in [3.05, 3.63) is 29.3 Å². The summed E-state index contributed by atoms with van der Waals surface area (Å²) in [6.07, 6.45) is 12.3. The molecule has 0 saturated heterocycles. The predicted molar refractivity (Wildman–Crippen MR) is 127 cm³/mol. The van der Waals surface area contributed by atoms with Gasteiger partial charge >= 0.3 is 0 Å². The summed E-state index contributed by atoms with van der Waals surface area (Å²) in [5, 5.41) is 10.1. The second kappa shape index (κ2) is 9.00. The number of fused-ring (bicyclic) bond motifs is 1. The zero-order chi connectivity index (χ0) is 22.1. The summed E-state index contributed by atoms with van der Waals surface area (Å²) in [5.74, 6) is -0.0550. The molecule has 3 heterocycles. The highest BCUT2D eigenvalue weighted by Crippen LogP contribution is 2.36. The highest BCUT2D eigenvalue weighted by Gasteiger charge is 2.51. The molecule has 6 nitrogen and oxygen atoms in total. The smallest absolute Gasteiger partial charge is 0.273 e. The van der Waals surface area contributed by atoms with E-state index in [1.807, 2.05) is 35.4 Å². The van der Waals surface area contributed by atoms with E-state index in [1.165, 1.54) is 32.1 Å². The molecule has 2 amide bonds. The molecule has 1 unspecified atom stereocenters. The van der Waals surface area contributed by atoms with Crippen LogP contribution in [0, 0.1) is 0 Å². The third-order valence-corrected chi connectivity index (χ3v) is 8.49. The van der Waals surface area contributed by atoms with Gasteiger partial charge in [0.1, 0.15) is 16.9 Å². The first-order valence-corrected chi connectivity index (χ1v) is 13.2. The van der Waals surface area contributed by atoms with Crippen LogP contribution in [0.4, 0.5) is 0 Å². The predicted octanol–water partition coefficient (Wildman–Crippen LogP) is 5.00. The monoisotopic (exact) mass is 454 g/mol. The van der Waals surface area contributed by atoms with Gasteiger partial charge in [-0.15, -0.1) is 11.3 Å².